The standard InChI is InChI=1S/C5H11NO3.ClH/c1-2-3(7)4(6)5(8)9;/h3-4,7H,2,6H2,1H3,(H,8,9);1H/t3?,4-;/m0./s1. The van der Waals surface area contributed by atoms with Crippen LogP contribution >= 0.6 is 12.4 Å². The zero-order chi connectivity index (χ0) is 7.44. The summed E-state index contributed by atoms with van der Waals surface area (Å²) in [6, 6.07) is -1.14. The third-order valence-corrected chi connectivity index (χ3v) is 1.12. The zero-order valence-electron chi connectivity index (χ0n) is 5.65. The van der Waals surface area contributed by atoms with Crippen LogP contribution in [-0.4, -0.2) is 28.3 Å². The van der Waals surface area contributed by atoms with Crippen molar-refractivity contribution in [1.82, 2.24) is 0 Å². The average Bonchev–Trinajstić information content (AvgIpc) is 1.84. The van der Waals surface area contributed by atoms with Crippen molar-refractivity contribution in [3.05, 3.63) is 0 Å². The summed E-state index contributed by atoms with van der Waals surface area (Å²) in [6.45, 7) is 1.67. The van der Waals surface area contributed by atoms with Gasteiger partial charge in [-0.05, 0) is 6.42 Å². The first-order valence-electron chi connectivity index (χ1n) is 2.76. The molecule has 0 aromatic heterocycles. The Morgan fingerprint density at radius 1 is 1.70 bits per heavy atom. The van der Waals surface area contributed by atoms with Gasteiger partial charge in [0, 0.05) is 0 Å². The number of rotatable bonds is 3. The van der Waals surface area contributed by atoms with Crippen LogP contribution in [0.1, 0.15) is 13.3 Å². The van der Waals surface area contributed by atoms with Crippen molar-refractivity contribution in [2.45, 2.75) is 25.5 Å². The minimum Gasteiger partial charge on any atom is -0.480 e. The van der Waals surface area contributed by atoms with Gasteiger partial charge in [-0.25, -0.2) is 0 Å². The van der Waals surface area contributed by atoms with Crippen LogP contribution in [-0.2, 0) is 4.79 Å². The average molecular weight is 170 g/mol. The molecule has 0 spiro atoms. The molecule has 0 radical (unpaired) electrons. The highest BCUT2D eigenvalue weighted by Gasteiger charge is 2.19. The molecule has 0 aromatic rings. The molecule has 62 valence electrons. The monoisotopic (exact) mass is 169 g/mol. The van der Waals surface area contributed by atoms with E-state index < -0.39 is 18.1 Å². The van der Waals surface area contributed by atoms with Gasteiger partial charge in [-0.2, -0.15) is 0 Å². The third-order valence-electron chi connectivity index (χ3n) is 1.12. The topological polar surface area (TPSA) is 83.5 Å². The van der Waals surface area contributed by atoms with Gasteiger partial charge < -0.3 is 15.9 Å². The van der Waals surface area contributed by atoms with Gasteiger partial charge in [0.05, 0.1) is 6.10 Å². The molecular formula is C5H12ClNO3. The summed E-state index contributed by atoms with van der Waals surface area (Å²) in [7, 11) is 0. The van der Waals surface area contributed by atoms with Crippen molar-refractivity contribution < 1.29 is 15.0 Å². The maximum absolute atomic E-state index is 10.0. The summed E-state index contributed by atoms with van der Waals surface area (Å²) in [5, 5.41) is 17.0. The first kappa shape index (κ1) is 12.4. The maximum atomic E-state index is 10.0. The Morgan fingerprint density at radius 2 is 2.10 bits per heavy atom. The Balaban J connectivity index is 0. The molecule has 1 unspecified atom stereocenters. The van der Waals surface area contributed by atoms with E-state index in [-0.39, 0.29) is 12.4 Å². The number of halogens is 1. The van der Waals surface area contributed by atoms with E-state index in [0.717, 1.165) is 0 Å². The Labute approximate surface area is 65.4 Å². The van der Waals surface area contributed by atoms with Gasteiger partial charge in [0.1, 0.15) is 6.04 Å². The molecule has 5 heteroatoms. The molecule has 0 bridgehead atoms. The fourth-order valence-corrected chi connectivity index (χ4v) is 0.419. The second-order valence-electron chi connectivity index (χ2n) is 1.84. The minimum atomic E-state index is -1.16. The van der Waals surface area contributed by atoms with Crippen LogP contribution in [0.4, 0.5) is 0 Å². The number of hydrogen-bond donors (Lipinski definition) is 3. The van der Waals surface area contributed by atoms with Crippen LogP contribution in [0.25, 0.3) is 0 Å². The summed E-state index contributed by atoms with van der Waals surface area (Å²) in [5.74, 6) is -1.16. The van der Waals surface area contributed by atoms with Gasteiger partial charge in [0.15, 0.2) is 0 Å². The molecule has 4 nitrogen and oxygen atoms in total. The molecule has 2 atom stereocenters. The normalized spacial score (nSPS) is 15.1. The van der Waals surface area contributed by atoms with Crippen molar-refractivity contribution in [2.24, 2.45) is 5.73 Å². The van der Waals surface area contributed by atoms with E-state index >= 15 is 0 Å². The fraction of sp³-hybridized carbons (Fsp3) is 0.800. The van der Waals surface area contributed by atoms with Gasteiger partial charge in [-0.3, -0.25) is 4.79 Å². The molecule has 0 aromatic carbocycles. The molecule has 0 saturated carbocycles. The Morgan fingerprint density at radius 3 is 2.20 bits per heavy atom. The summed E-state index contributed by atoms with van der Waals surface area (Å²) in [6.07, 6.45) is -0.560. The molecule has 10 heavy (non-hydrogen) atoms. The molecule has 0 aliphatic carbocycles. The molecular weight excluding hydrogens is 158 g/mol. The number of aliphatic hydroxyl groups excluding tert-OH is 1. The summed E-state index contributed by atoms with van der Waals surface area (Å²) < 4.78 is 0. The number of aliphatic hydroxyl groups is 1. The Hall–Kier alpha value is -0.320. The van der Waals surface area contributed by atoms with E-state index in [9.17, 15) is 4.79 Å². The predicted molar refractivity (Wildman–Crippen MR) is 39.2 cm³/mol. The Kier molecular flexibility index (Phi) is 6.76. The summed E-state index contributed by atoms with van der Waals surface area (Å²) >= 11 is 0. The predicted octanol–water partition coefficient (Wildman–Crippen LogP) is -0.409. The van der Waals surface area contributed by atoms with Crippen molar-refractivity contribution >= 4 is 18.4 Å². The lowest BCUT2D eigenvalue weighted by atomic mass is 10.1. The fourth-order valence-electron chi connectivity index (χ4n) is 0.419. The number of carboxylic acids is 1. The van der Waals surface area contributed by atoms with Gasteiger partial charge in [-0.15, -0.1) is 12.4 Å². The van der Waals surface area contributed by atoms with Crippen LogP contribution in [0, 0.1) is 0 Å². The highest BCUT2D eigenvalue weighted by molar-refractivity contribution is 5.85. The van der Waals surface area contributed by atoms with Crippen molar-refractivity contribution in [3.63, 3.8) is 0 Å². The van der Waals surface area contributed by atoms with E-state index in [2.05, 4.69) is 0 Å². The molecule has 0 heterocycles. The number of hydrogen-bond acceptors (Lipinski definition) is 3. The molecule has 0 rings (SSSR count). The van der Waals surface area contributed by atoms with E-state index in [4.69, 9.17) is 15.9 Å². The van der Waals surface area contributed by atoms with E-state index in [1.54, 1.807) is 6.92 Å². The third kappa shape index (κ3) is 3.66. The number of carbonyl (C=O) groups is 1. The number of carboxylic acid groups (broad SMARTS) is 1. The summed E-state index contributed by atoms with van der Waals surface area (Å²) in [5.41, 5.74) is 5.02. The van der Waals surface area contributed by atoms with Crippen LogP contribution in [0.5, 0.6) is 0 Å². The second-order valence-corrected chi connectivity index (χ2v) is 1.84. The van der Waals surface area contributed by atoms with Crippen LogP contribution in [0.2, 0.25) is 0 Å². The molecule has 0 aliphatic rings. The van der Waals surface area contributed by atoms with E-state index in [1.807, 2.05) is 0 Å². The quantitative estimate of drug-likeness (QED) is 0.537. The van der Waals surface area contributed by atoms with Crippen LogP contribution < -0.4 is 5.73 Å². The van der Waals surface area contributed by atoms with E-state index in [0.29, 0.717) is 6.42 Å². The SMILES string of the molecule is CCC(O)[C@H](N)C(=O)O.Cl. The molecule has 0 amide bonds. The van der Waals surface area contributed by atoms with E-state index in [1.165, 1.54) is 0 Å². The van der Waals surface area contributed by atoms with Gasteiger partial charge >= 0.3 is 5.97 Å². The smallest absolute Gasteiger partial charge is 0.323 e. The van der Waals surface area contributed by atoms with Gasteiger partial charge in [-0.1, -0.05) is 6.92 Å². The highest BCUT2D eigenvalue weighted by Crippen LogP contribution is 1.94. The first-order valence-corrected chi connectivity index (χ1v) is 2.76. The van der Waals surface area contributed by atoms with Gasteiger partial charge in [0.2, 0.25) is 0 Å². The molecule has 0 saturated heterocycles. The molecule has 4 N–H and O–H groups in total. The van der Waals surface area contributed by atoms with Crippen molar-refractivity contribution in [3.8, 4) is 0 Å². The summed E-state index contributed by atoms with van der Waals surface area (Å²) in [4.78, 5) is 10.0. The lowest BCUT2D eigenvalue weighted by Gasteiger charge is -2.10. The lowest BCUT2D eigenvalue weighted by molar-refractivity contribution is -0.141. The maximum Gasteiger partial charge on any atom is 0.323 e. The van der Waals surface area contributed by atoms with Crippen LogP contribution in [0.3, 0.4) is 0 Å². The lowest BCUT2D eigenvalue weighted by Crippen LogP contribution is -2.41. The number of aliphatic carboxylic acids is 1. The second kappa shape index (κ2) is 5.46. The van der Waals surface area contributed by atoms with Crippen molar-refractivity contribution in [1.29, 1.82) is 0 Å². The highest BCUT2D eigenvalue weighted by atomic mass is 35.5. The molecule has 0 aliphatic heterocycles. The Bertz CT molecular complexity index is 109. The number of nitrogens with two attached hydrogens (primary N) is 1. The minimum absolute atomic E-state index is 0. The van der Waals surface area contributed by atoms with Gasteiger partial charge in [0.25, 0.3) is 0 Å². The van der Waals surface area contributed by atoms with Crippen molar-refractivity contribution in [2.75, 3.05) is 0 Å². The van der Waals surface area contributed by atoms with Crippen LogP contribution in [0.15, 0.2) is 0 Å². The zero-order valence-corrected chi connectivity index (χ0v) is 6.47. The molecule has 0 fully saturated rings. The largest absolute Gasteiger partial charge is 0.480 e. The first-order chi connectivity index (χ1) is 4.09.